The number of ether oxygens (including phenoxy) is 2. The molecule has 0 bridgehead atoms. The van der Waals surface area contributed by atoms with Gasteiger partial charge in [-0.1, -0.05) is 42.5 Å². The van der Waals surface area contributed by atoms with E-state index in [1.807, 2.05) is 78.1 Å². The predicted octanol–water partition coefficient (Wildman–Crippen LogP) is 4.78. The number of carbonyl (C=O) groups excluding carboxylic acids is 2. The number of methoxy groups -OCH3 is 1. The van der Waals surface area contributed by atoms with Crippen molar-refractivity contribution < 1.29 is 19.1 Å². The molecule has 5 rings (SSSR count). The van der Waals surface area contributed by atoms with E-state index < -0.39 is 0 Å². The lowest BCUT2D eigenvalue weighted by Crippen LogP contribution is -2.29. The Hall–Kier alpha value is -4.17. The van der Waals surface area contributed by atoms with Gasteiger partial charge in [-0.2, -0.15) is 5.26 Å². The fraction of sp³-hybridized carbons (Fsp3) is 0.226. The Morgan fingerprint density at radius 2 is 1.60 bits per heavy atom. The Morgan fingerprint density at radius 1 is 0.925 bits per heavy atom. The first-order valence-electron chi connectivity index (χ1n) is 12.8. The summed E-state index contributed by atoms with van der Waals surface area (Å²) < 4.78 is 13.4. The lowest BCUT2D eigenvalue weighted by molar-refractivity contribution is -0.137. The molecule has 0 atom stereocenters. The number of nitrogens with zero attached hydrogens (tertiary/aromatic N) is 3. The lowest BCUT2D eigenvalue weighted by atomic mass is 10.0. The van der Waals surface area contributed by atoms with E-state index in [1.165, 1.54) is 12.0 Å². The van der Waals surface area contributed by atoms with Crippen LogP contribution in [0.5, 0.6) is 11.5 Å². The highest BCUT2D eigenvalue weighted by Crippen LogP contribution is 2.31. The molecule has 1 saturated heterocycles. The van der Waals surface area contributed by atoms with Crippen molar-refractivity contribution in [3.8, 4) is 17.6 Å². The summed E-state index contributed by atoms with van der Waals surface area (Å²) in [6.07, 6.45) is 5.20. The van der Waals surface area contributed by atoms with Crippen LogP contribution in [0.1, 0.15) is 40.8 Å². The first-order valence-corrected chi connectivity index (χ1v) is 13.8. The normalized spacial score (nSPS) is 14.4. The van der Waals surface area contributed by atoms with Crippen molar-refractivity contribution in [2.75, 3.05) is 7.11 Å². The number of hydrogen-bond donors (Lipinski definition) is 0. The van der Waals surface area contributed by atoms with Crippen LogP contribution >= 0.6 is 22.6 Å². The number of hydrogen-bond acceptors (Lipinski definition) is 6. The fourth-order valence-electron chi connectivity index (χ4n) is 4.93. The van der Waals surface area contributed by atoms with Crippen LogP contribution in [0.3, 0.4) is 0 Å². The summed E-state index contributed by atoms with van der Waals surface area (Å²) in [6, 6.07) is 16.7. The Bertz CT molecular complexity index is 1660. The Balaban J connectivity index is 1.34. The molecule has 0 radical (unpaired) electrons. The third-order valence-electron chi connectivity index (χ3n) is 7.07. The van der Waals surface area contributed by atoms with Gasteiger partial charge in [-0.3, -0.25) is 19.3 Å². The maximum absolute atomic E-state index is 13.3. The second kappa shape index (κ2) is 11.5. The number of rotatable bonds is 8. The molecule has 1 aromatic heterocycles. The largest absolute Gasteiger partial charge is 0.495 e. The quantitative estimate of drug-likeness (QED) is 0.258. The number of nitriles is 1. The van der Waals surface area contributed by atoms with Crippen molar-refractivity contribution in [1.82, 2.24) is 9.47 Å². The molecule has 3 aromatic rings. The molecule has 9 heteroatoms. The number of carbonyl (C=O) groups is 2. The lowest BCUT2D eigenvalue weighted by Gasteiger charge is -2.18. The van der Waals surface area contributed by atoms with Crippen molar-refractivity contribution in [3.05, 3.63) is 114 Å². The molecule has 0 saturated carbocycles. The second-order valence-corrected chi connectivity index (χ2v) is 10.6. The van der Waals surface area contributed by atoms with Crippen LogP contribution < -0.4 is 15.0 Å². The van der Waals surface area contributed by atoms with E-state index in [1.54, 1.807) is 16.7 Å². The third-order valence-corrected chi connectivity index (χ3v) is 8.07. The molecule has 202 valence electrons. The second-order valence-electron chi connectivity index (χ2n) is 9.57. The van der Waals surface area contributed by atoms with Gasteiger partial charge in [0.15, 0.2) is 0 Å². The average molecular weight is 647 g/mol. The van der Waals surface area contributed by atoms with Gasteiger partial charge in [-0.25, -0.2) is 0 Å². The van der Waals surface area contributed by atoms with Gasteiger partial charge in [-0.05, 0) is 71.2 Å². The number of likely N-dealkylation sites (tertiary alicyclic amines) is 1. The molecular formula is C31H26IN3O5. The Labute approximate surface area is 245 Å². The van der Waals surface area contributed by atoms with Gasteiger partial charge in [0.05, 0.1) is 25.8 Å². The molecule has 1 aliphatic carbocycles. The highest BCUT2D eigenvalue weighted by molar-refractivity contribution is 14.1. The molecular weight excluding hydrogens is 621 g/mol. The van der Waals surface area contributed by atoms with Gasteiger partial charge >= 0.3 is 0 Å². The maximum Gasteiger partial charge on any atom is 0.268 e. The van der Waals surface area contributed by atoms with Crippen LogP contribution in [0.25, 0.3) is 0 Å². The minimum atomic E-state index is -0.265. The average Bonchev–Trinajstić information content (AvgIpc) is 3.21. The van der Waals surface area contributed by atoms with Crippen LogP contribution in [0.2, 0.25) is 0 Å². The predicted molar refractivity (Wildman–Crippen MR) is 157 cm³/mol. The number of pyridine rings is 1. The highest BCUT2D eigenvalue weighted by Gasteiger charge is 2.39. The number of fused-ring (bicyclic) bond motifs is 1. The van der Waals surface area contributed by atoms with Gasteiger partial charge in [0.1, 0.15) is 27.7 Å². The van der Waals surface area contributed by atoms with Crippen LogP contribution in [-0.4, -0.2) is 28.4 Å². The van der Waals surface area contributed by atoms with Crippen LogP contribution in [0, 0.1) is 21.8 Å². The molecule has 0 spiro atoms. The van der Waals surface area contributed by atoms with Crippen molar-refractivity contribution in [2.24, 2.45) is 0 Å². The number of aromatic nitrogens is 1. The minimum Gasteiger partial charge on any atom is -0.495 e. The summed E-state index contributed by atoms with van der Waals surface area (Å²) >= 11 is 1.99. The van der Waals surface area contributed by atoms with Crippen LogP contribution in [0.4, 0.5) is 0 Å². The third kappa shape index (κ3) is 5.19. The van der Waals surface area contributed by atoms with Crippen molar-refractivity contribution in [1.29, 1.82) is 5.26 Å². The summed E-state index contributed by atoms with van der Waals surface area (Å²) in [7, 11) is 1.51. The molecule has 2 aliphatic rings. The van der Waals surface area contributed by atoms with Gasteiger partial charge in [0.25, 0.3) is 17.4 Å². The summed E-state index contributed by atoms with van der Waals surface area (Å²) in [6.45, 7) is 2.45. The molecule has 1 fully saturated rings. The van der Waals surface area contributed by atoms with Crippen LogP contribution in [0.15, 0.2) is 76.6 Å². The topological polar surface area (TPSA) is 102 Å². The Kier molecular flexibility index (Phi) is 7.89. The van der Waals surface area contributed by atoms with E-state index in [0.29, 0.717) is 44.0 Å². The van der Waals surface area contributed by atoms with E-state index >= 15 is 0 Å². The summed E-state index contributed by atoms with van der Waals surface area (Å²) in [5, 5.41) is 9.40. The SMILES string of the molecule is COc1ccc(Cn2c(C)cc(OCc3ccccc3CN3C(=O)C4=CCCC=C4C3=O)c(I)c2=O)cc1C#N. The number of imide groups is 1. The van der Waals surface area contributed by atoms with Crippen molar-refractivity contribution in [2.45, 2.75) is 39.5 Å². The monoisotopic (exact) mass is 647 g/mol. The number of benzene rings is 2. The molecule has 40 heavy (non-hydrogen) atoms. The summed E-state index contributed by atoms with van der Waals surface area (Å²) in [5.41, 5.74) is 4.33. The zero-order valence-electron chi connectivity index (χ0n) is 22.1. The van der Waals surface area contributed by atoms with Crippen molar-refractivity contribution in [3.63, 3.8) is 0 Å². The number of halogens is 1. The highest BCUT2D eigenvalue weighted by atomic mass is 127. The van der Waals surface area contributed by atoms with E-state index in [4.69, 9.17) is 9.47 Å². The maximum atomic E-state index is 13.3. The van der Waals surface area contributed by atoms with Gasteiger partial charge in [-0.15, -0.1) is 0 Å². The van der Waals surface area contributed by atoms with Crippen molar-refractivity contribution >= 4 is 34.4 Å². The van der Waals surface area contributed by atoms with E-state index in [0.717, 1.165) is 29.5 Å². The fourth-order valence-corrected chi connectivity index (χ4v) is 5.53. The minimum absolute atomic E-state index is 0.149. The van der Waals surface area contributed by atoms with Gasteiger partial charge in [0, 0.05) is 22.9 Å². The Morgan fingerprint density at radius 3 is 2.25 bits per heavy atom. The molecule has 0 unspecified atom stereocenters. The standard InChI is InChI=1S/C31H26IN3O5/c1-19-13-27(28(32)31(38)34(19)16-20-11-12-26(39-2)23(14-20)15-33)40-18-22-8-4-3-7-21(22)17-35-29(36)24-9-5-6-10-25(24)30(35)37/h3-4,7-14H,5-6,16-18H2,1-2H3. The van der Waals surface area contributed by atoms with Gasteiger partial charge < -0.3 is 14.0 Å². The first-order chi connectivity index (χ1) is 19.3. The first kappa shape index (κ1) is 27.4. The molecule has 1 aliphatic heterocycles. The molecule has 0 N–H and O–H groups in total. The van der Waals surface area contributed by atoms with E-state index in [9.17, 15) is 19.6 Å². The number of allylic oxidation sites excluding steroid dienone is 2. The molecule has 8 nitrogen and oxygen atoms in total. The number of aryl methyl sites for hydroxylation is 1. The van der Waals surface area contributed by atoms with Gasteiger partial charge in [0.2, 0.25) is 0 Å². The summed E-state index contributed by atoms with van der Waals surface area (Å²) in [4.78, 5) is 40.4. The van der Waals surface area contributed by atoms with Crippen LogP contribution in [-0.2, 0) is 29.3 Å². The zero-order valence-corrected chi connectivity index (χ0v) is 24.2. The molecule has 2 amide bonds. The smallest absolute Gasteiger partial charge is 0.268 e. The molecule has 2 heterocycles. The zero-order chi connectivity index (χ0) is 28.4. The summed E-state index contributed by atoms with van der Waals surface area (Å²) in [5.74, 6) is 0.412. The number of amides is 2. The molecule has 2 aromatic carbocycles. The van der Waals surface area contributed by atoms with E-state index in [2.05, 4.69) is 6.07 Å². The van der Waals surface area contributed by atoms with E-state index in [-0.39, 0.29) is 30.5 Å².